The molecule has 0 aliphatic carbocycles. The Kier molecular flexibility index (Phi) is 4.63. The molecule has 1 aliphatic rings. The van der Waals surface area contributed by atoms with Crippen molar-refractivity contribution in [2.75, 3.05) is 13.2 Å². The Bertz CT molecular complexity index is 469. The molecular weight excluding hydrogens is 268 g/mol. The molecule has 0 saturated carbocycles. The summed E-state index contributed by atoms with van der Waals surface area (Å²) in [6.07, 6.45) is 1.11. The van der Waals surface area contributed by atoms with Crippen LogP contribution in [-0.2, 0) is 9.59 Å². The van der Waals surface area contributed by atoms with Crippen LogP contribution in [0.1, 0.15) is 12.8 Å². The molecule has 0 aromatic heterocycles. The van der Waals surface area contributed by atoms with E-state index in [0.717, 1.165) is 0 Å². The first-order valence-electron chi connectivity index (χ1n) is 6.08. The summed E-state index contributed by atoms with van der Waals surface area (Å²) in [5.41, 5.74) is 0. The number of benzene rings is 1. The Morgan fingerprint density at radius 3 is 3.05 bits per heavy atom. The summed E-state index contributed by atoms with van der Waals surface area (Å²) >= 11 is 5.81. The minimum absolute atomic E-state index is 0.0202. The number of rotatable bonds is 4. The van der Waals surface area contributed by atoms with Crippen LogP contribution in [0.3, 0.4) is 0 Å². The Hall–Kier alpha value is -1.75. The monoisotopic (exact) mass is 282 g/mol. The van der Waals surface area contributed by atoms with Crippen molar-refractivity contribution in [3.8, 4) is 5.75 Å². The SMILES string of the molecule is O=C1CCC(NC(=O)COc2cccc(Cl)c2)CN1. The number of amides is 2. The topological polar surface area (TPSA) is 67.4 Å². The molecule has 1 saturated heterocycles. The molecular formula is C13H15ClN2O3. The van der Waals surface area contributed by atoms with E-state index < -0.39 is 0 Å². The quantitative estimate of drug-likeness (QED) is 0.869. The summed E-state index contributed by atoms with van der Waals surface area (Å²) < 4.78 is 5.33. The lowest BCUT2D eigenvalue weighted by Gasteiger charge is -2.23. The van der Waals surface area contributed by atoms with E-state index in [1.165, 1.54) is 0 Å². The lowest BCUT2D eigenvalue weighted by atomic mass is 10.1. The standard InChI is InChI=1S/C13H15ClN2O3/c14-9-2-1-3-11(6-9)19-8-13(18)16-10-4-5-12(17)15-7-10/h1-3,6,10H,4-5,7-8H2,(H,15,17)(H,16,18). The van der Waals surface area contributed by atoms with Gasteiger partial charge in [-0.05, 0) is 24.6 Å². The first kappa shape index (κ1) is 13.7. The highest BCUT2D eigenvalue weighted by Gasteiger charge is 2.19. The summed E-state index contributed by atoms with van der Waals surface area (Å²) in [4.78, 5) is 22.6. The fraction of sp³-hybridized carbons (Fsp3) is 0.385. The van der Waals surface area contributed by atoms with Gasteiger partial charge < -0.3 is 15.4 Å². The highest BCUT2D eigenvalue weighted by Crippen LogP contribution is 2.16. The van der Waals surface area contributed by atoms with Crippen LogP contribution in [0.15, 0.2) is 24.3 Å². The summed E-state index contributed by atoms with van der Waals surface area (Å²) in [6, 6.07) is 6.86. The summed E-state index contributed by atoms with van der Waals surface area (Å²) in [5.74, 6) is 0.376. The van der Waals surface area contributed by atoms with E-state index >= 15 is 0 Å². The average Bonchev–Trinajstić information content (AvgIpc) is 2.39. The van der Waals surface area contributed by atoms with Crippen molar-refractivity contribution < 1.29 is 14.3 Å². The minimum Gasteiger partial charge on any atom is -0.484 e. The molecule has 1 atom stereocenters. The number of halogens is 1. The first-order valence-corrected chi connectivity index (χ1v) is 6.46. The third-order valence-electron chi connectivity index (χ3n) is 2.80. The maximum Gasteiger partial charge on any atom is 0.258 e. The van der Waals surface area contributed by atoms with Gasteiger partial charge in [0.25, 0.3) is 5.91 Å². The van der Waals surface area contributed by atoms with Gasteiger partial charge >= 0.3 is 0 Å². The Balaban J connectivity index is 1.74. The third kappa shape index (κ3) is 4.44. The van der Waals surface area contributed by atoms with Crippen LogP contribution < -0.4 is 15.4 Å². The number of carbonyl (C=O) groups is 2. The number of carbonyl (C=O) groups excluding carboxylic acids is 2. The van der Waals surface area contributed by atoms with E-state index in [0.29, 0.717) is 30.2 Å². The van der Waals surface area contributed by atoms with Crippen LogP contribution in [0.2, 0.25) is 5.02 Å². The average molecular weight is 283 g/mol. The fourth-order valence-corrected chi connectivity index (χ4v) is 2.01. The van der Waals surface area contributed by atoms with Gasteiger partial charge in [0.05, 0.1) is 0 Å². The van der Waals surface area contributed by atoms with E-state index in [-0.39, 0.29) is 24.5 Å². The summed E-state index contributed by atoms with van der Waals surface area (Å²) in [7, 11) is 0. The van der Waals surface area contributed by atoms with Gasteiger partial charge in [0.1, 0.15) is 5.75 Å². The summed E-state index contributed by atoms with van der Waals surface area (Å²) in [5, 5.41) is 6.08. The highest BCUT2D eigenvalue weighted by molar-refractivity contribution is 6.30. The smallest absolute Gasteiger partial charge is 0.258 e. The maximum absolute atomic E-state index is 11.7. The molecule has 1 aliphatic heterocycles. The molecule has 6 heteroatoms. The van der Waals surface area contributed by atoms with Gasteiger partial charge in [-0.2, -0.15) is 0 Å². The number of hydrogen-bond acceptors (Lipinski definition) is 3. The van der Waals surface area contributed by atoms with Gasteiger partial charge in [-0.3, -0.25) is 9.59 Å². The highest BCUT2D eigenvalue weighted by atomic mass is 35.5. The Labute approximate surface area is 116 Å². The molecule has 0 spiro atoms. The predicted molar refractivity (Wildman–Crippen MR) is 71.1 cm³/mol. The van der Waals surface area contributed by atoms with Crippen LogP contribution in [0.25, 0.3) is 0 Å². The minimum atomic E-state index is -0.207. The van der Waals surface area contributed by atoms with Crippen LogP contribution >= 0.6 is 11.6 Å². The zero-order chi connectivity index (χ0) is 13.7. The molecule has 2 N–H and O–H groups in total. The van der Waals surface area contributed by atoms with Crippen molar-refractivity contribution in [1.29, 1.82) is 0 Å². The molecule has 1 aromatic carbocycles. The van der Waals surface area contributed by atoms with E-state index in [2.05, 4.69) is 10.6 Å². The second kappa shape index (κ2) is 6.43. The zero-order valence-electron chi connectivity index (χ0n) is 10.3. The molecule has 1 fully saturated rings. The van der Waals surface area contributed by atoms with Crippen molar-refractivity contribution in [3.63, 3.8) is 0 Å². The second-order valence-corrected chi connectivity index (χ2v) is 4.79. The van der Waals surface area contributed by atoms with Crippen LogP contribution in [0.4, 0.5) is 0 Å². The molecule has 1 aromatic rings. The molecule has 5 nitrogen and oxygen atoms in total. The Morgan fingerprint density at radius 1 is 1.53 bits per heavy atom. The van der Waals surface area contributed by atoms with Crippen LogP contribution in [-0.4, -0.2) is 31.0 Å². The zero-order valence-corrected chi connectivity index (χ0v) is 11.1. The molecule has 2 amide bonds. The lowest BCUT2D eigenvalue weighted by molar-refractivity contribution is -0.126. The van der Waals surface area contributed by atoms with E-state index in [9.17, 15) is 9.59 Å². The van der Waals surface area contributed by atoms with Crippen molar-refractivity contribution in [3.05, 3.63) is 29.3 Å². The predicted octanol–water partition coefficient (Wildman–Crippen LogP) is 1.11. The van der Waals surface area contributed by atoms with Crippen molar-refractivity contribution in [2.24, 2.45) is 0 Å². The largest absolute Gasteiger partial charge is 0.484 e. The van der Waals surface area contributed by atoms with E-state index in [1.54, 1.807) is 24.3 Å². The van der Waals surface area contributed by atoms with E-state index in [4.69, 9.17) is 16.3 Å². The summed E-state index contributed by atoms with van der Waals surface area (Å²) in [6.45, 7) is 0.409. The number of nitrogens with one attached hydrogen (secondary N) is 2. The third-order valence-corrected chi connectivity index (χ3v) is 3.03. The number of piperidine rings is 1. The number of hydrogen-bond donors (Lipinski definition) is 2. The molecule has 19 heavy (non-hydrogen) atoms. The number of ether oxygens (including phenoxy) is 1. The van der Waals surface area contributed by atoms with Gasteiger partial charge in [0, 0.05) is 24.0 Å². The van der Waals surface area contributed by atoms with E-state index in [1.807, 2.05) is 0 Å². The normalized spacial score (nSPS) is 18.6. The first-order chi connectivity index (χ1) is 9.13. The van der Waals surface area contributed by atoms with Crippen molar-refractivity contribution in [1.82, 2.24) is 10.6 Å². The van der Waals surface area contributed by atoms with Gasteiger partial charge in [-0.15, -0.1) is 0 Å². The molecule has 0 radical (unpaired) electrons. The van der Waals surface area contributed by atoms with Crippen LogP contribution in [0, 0.1) is 0 Å². The molecule has 1 unspecified atom stereocenters. The maximum atomic E-state index is 11.7. The van der Waals surface area contributed by atoms with Gasteiger partial charge in [-0.1, -0.05) is 17.7 Å². The van der Waals surface area contributed by atoms with Gasteiger partial charge in [0.15, 0.2) is 6.61 Å². The molecule has 2 rings (SSSR count). The molecule has 0 bridgehead atoms. The van der Waals surface area contributed by atoms with Crippen LogP contribution in [0.5, 0.6) is 5.75 Å². The van der Waals surface area contributed by atoms with Crippen molar-refractivity contribution >= 4 is 23.4 Å². The Morgan fingerprint density at radius 2 is 2.37 bits per heavy atom. The van der Waals surface area contributed by atoms with Gasteiger partial charge in [0.2, 0.25) is 5.91 Å². The van der Waals surface area contributed by atoms with Crippen molar-refractivity contribution in [2.45, 2.75) is 18.9 Å². The molecule has 102 valence electrons. The molecule has 1 heterocycles. The fourth-order valence-electron chi connectivity index (χ4n) is 1.83. The van der Waals surface area contributed by atoms with Gasteiger partial charge in [-0.25, -0.2) is 0 Å². The lowest BCUT2D eigenvalue weighted by Crippen LogP contribution is -2.48. The second-order valence-electron chi connectivity index (χ2n) is 4.35.